The number of likely N-dealkylation sites (N-methyl/N-ethyl adjacent to an activating group) is 1. The van der Waals surface area contributed by atoms with E-state index in [0.717, 1.165) is 43.1 Å². The quantitative estimate of drug-likeness (QED) is 0.620. The Hall–Kier alpha value is -3.89. The van der Waals surface area contributed by atoms with E-state index in [1.165, 1.54) is 0 Å². The first-order chi connectivity index (χ1) is 15.5. The first kappa shape index (κ1) is 21.3. The molecule has 1 aliphatic rings. The highest BCUT2D eigenvalue weighted by molar-refractivity contribution is 6.05. The van der Waals surface area contributed by atoms with Crippen molar-refractivity contribution in [2.45, 2.75) is 6.92 Å². The molecule has 1 fully saturated rings. The molecule has 1 amide bonds. The van der Waals surface area contributed by atoms with Crippen LogP contribution < -0.4 is 16.0 Å². The monoisotopic (exact) mass is 426 g/mol. The van der Waals surface area contributed by atoms with E-state index >= 15 is 0 Å². The van der Waals surface area contributed by atoms with Gasteiger partial charge in [0.05, 0.1) is 22.6 Å². The minimum Gasteiger partial charge on any atom is -0.397 e. The van der Waals surface area contributed by atoms with E-state index in [9.17, 15) is 10.1 Å². The van der Waals surface area contributed by atoms with Gasteiger partial charge < -0.3 is 20.9 Å². The van der Waals surface area contributed by atoms with Gasteiger partial charge in [0.1, 0.15) is 11.9 Å². The van der Waals surface area contributed by atoms with E-state index in [-0.39, 0.29) is 5.91 Å². The summed E-state index contributed by atoms with van der Waals surface area (Å²) in [6, 6.07) is 18.6. The zero-order valence-electron chi connectivity index (χ0n) is 18.3. The second-order valence-corrected chi connectivity index (χ2v) is 8.04. The van der Waals surface area contributed by atoms with E-state index in [2.05, 4.69) is 28.2 Å². The number of para-hydroxylation sites is 2. The Morgan fingerprint density at radius 1 is 1.09 bits per heavy atom. The third kappa shape index (κ3) is 4.41. The van der Waals surface area contributed by atoms with E-state index in [0.29, 0.717) is 28.2 Å². The van der Waals surface area contributed by atoms with E-state index in [1.807, 2.05) is 37.3 Å². The summed E-state index contributed by atoms with van der Waals surface area (Å²) >= 11 is 0. The van der Waals surface area contributed by atoms with Gasteiger partial charge in [0, 0.05) is 37.3 Å². The molecule has 0 spiro atoms. The number of aromatic nitrogens is 1. The number of hydrogen-bond acceptors (Lipinski definition) is 6. The largest absolute Gasteiger partial charge is 0.397 e. The normalized spacial score (nSPS) is 14.1. The lowest BCUT2D eigenvalue weighted by Crippen LogP contribution is -2.44. The molecule has 3 aromatic rings. The zero-order chi connectivity index (χ0) is 22.7. The molecule has 2 aromatic carbocycles. The van der Waals surface area contributed by atoms with Crippen LogP contribution in [0.5, 0.6) is 0 Å². The number of aryl methyl sites for hydroxylation is 1. The Morgan fingerprint density at radius 2 is 1.78 bits per heavy atom. The summed E-state index contributed by atoms with van der Waals surface area (Å²) in [5.41, 5.74) is 10.4. The molecule has 4 rings (SSSR count). The summed E-state index contributed by atoms with van der Waals surface area (Å²) in [5, 5.41) is 12.6. The fourth-order valence-corrected chi connectivity index (χ4v) is 3.79. The smallest absolute Gasteiger partial charge is 0.255 e. The summed E-state index contributed by atoms with van der Waals surface area (Å²) in [7, 11) is 2.12. The molecule has 7 heteroatoms. The number of carbonyl (C=O) groups excluding carboxylic acids is 1. The first-order valence-electron chi connectivity index (χ1n) is 10.6. The number of pyridine rings is 1. The van der Waals surface area contributed by atoms with Gasteiger partial charge >= 0.3 is 0 Å². The van der Waals surface area contributed by atoms with Gasteiger partial charge in [-0.05, 0) is 49.9 Å². The number of benzene rings is 2. The average Bonchev–Trinajstić information content (AvgIpc) is 2.80. The third-order valence-electron chi connectivity index (χ3n) is 5.77. The molecule has 0 bridgehead atoms. The van der Waals surface area contributed by atoms with Crippen LogP contribution >= 0.6 is 0 Å². The van der Waals surface area contributed by atoms with Gasteiger partial charge in [-0.3, -0.25) is 4.79 Å². The standard InChI is InChI=1S/C25H26N6O/c1-17-15-23(31-13-11-30(2)12-14-31)29-24(20(17)16-26)18-7-9-19(10-8-18)25(32)28-22-6-4-3-5-21(22)27/h3-10,15H,11-14,27H2,1-2H3,(H,28,32). The molecule has 0 aliphatic carbocycles. The summed E-state index contributed by atoms with van der Waals surface area (Å²) < 4.78 is 0. The lowest BCUT2D eigenvalue weighted by molar-refractivity contribution is 0.102. The SMILES string of the molecule is Cc1cc(N2CCN(C)CC2)nc(-c2ccc(C(=O)Nc3ccccc3N)cc2)c1C#N. The van der Waals surface area contributed by atoms with Gasteiger partial charge in [-0.1, -0.05) is 24.3 Å². The van der Waals surface area contributed by atoms with Crippen molar-refractivity contribution in [1.82, 2.24) is 9.88 Å². The second-order valence-electron chi connectivity index (χ2n) is 8.04. The van der Waals surface area contributed by atoms with E-state index in [1.54, 1.807) is 24.3 Å². The van der Waals surface area contributed by atoms with E-state index < -0.39 is 0 Å². The molecule has 2 heterocycles. The number of amides is 1. The molecule has 0 unspecified atom stereocenters. The Kier molecular flexibility index (Phi) is 6.06. The van der Waals surface area contributed by atoms with Crippen LogP contribution in [0.4, 0.5) is 17.2 Å². The predicted molar refractivity (Wildman–Crippen MR) is 128 cm³/mol. The number of hydrogen-bond donors (Lipinski definition) is 2. The van der Waals surface area contributed by atoms with Gasteiger partial charge in [0.15, 0.2) is 0 Å². The number of nitrogen functional groups attached to an aromatic ring is 1. The third-order valence-corrected chi connectivity index (χ3v) is 5.77. The fraction of sp³-hybridized carbons (Fsp3) is 0.240. The molecular formula is C25H26N6O. The number of nitrogens with one attached hydrogen (secondary N) is 1. The van der Waals surface area contributed by atoms with Crippen molar-refractivity contribution in [3.8, 4) is 17.3 Å². The molecule has 0 saturated carbocycles. The van der Waals surface area contributed by atoms with Crippen LogP contribution in [-0.4, -0.2) is 49.0 Å². The van der Waals surface area contributed by atoms with Crippen molar-refractivity contribution in [2.24, 2.45) is 0 Å². The summed E-state index contributed by atoms with van der Waals surface area (Å²) in [6.07, 6.45) is 0. The number of nitrogens with two attached hydrogens (primary N) is 1. The van der Waals surface area contributed by atoms with Gasteiger partial charge in [0.25, 0.3) is 5.91 Å². The molecule has 1 saturated heterocycles. The minimum atomic E-state index is -0.245. The molecular weight excluding hydrogens is 400 g/mol. The van der Waals surface area contributed by atoms with Crippen molar-refractivity contribution in [3.63, 3.8) is 0 Å². The summed E-state index contributed by atoms with van der Waals surface area (Å²) in [5.74, 6) is 0.635. The predicted octanol–water partition coefficient (Wildman–Crippen LogP) is 3.52. The molecule has 1 aromatic heterocycles. The Balaban J connectivity index is 1.61. The topological polar surface area (TPSA) is 98.3 Å². The molecule has 162 valence electrons. The van der Waals surface area contributed by atoms with Gasteiger partial charge in [-0.15, -0.1) is 0 Å². The minimum absolute atomic E-state index is 0.245. The number of nitrogens with zero attached hydrogens (tertiary/aromatic N) is 4. The fourth-order valence-electron chi connectivity index (χ4n) is 3.79. The highest BCUT2D eigenvalue weighted by atomic mass is 16.1. The van der Waals surface area contributed by atoms with Crippen LogP contribution in [0.25, 0.3) is 11.3 Å². The van der Waals surface area contributed by atoms with Crippen LogP contribution in [0.15, 0.2) is 54.6 Å². The Labute approximate surface area is 188 Å². The maximum absolute atomic E-state index is 12.6. The summed E-state index contributed by atoms with van der Waals surface area (Å²) in [6.45, 7) is 5.69. The van der Waals surface area contributed by atoms with Crippen LogP contribution in [0.1, 0.15) is 21.5 Å². The van der Waals surface area contributed by atoms with Crippen LogP contribution in [0.2, 0.25) is 0 Å². The van der Waals surface area contributed by atoms with Crippen molar-refractivity contribution < 1.29 is 4.79 Å². The average molecular weight is 427 g/mol. The molecule has 7 nitrogen and oxygen atoms in total. The lowest BCUT2D eigenvalue weighted by atomic mass is 10.0. The van der Waals surface area contributed by atoms with Gasteiger partial charge in [-0.2, -0.15) is 5.26 Å². The number of carbonyl (C=O) groups is 1. The van der Waals surface area contributed by atoms with Gasteiger partial charge in [0.2, 0.25) is 0 Å². The van der Waals surface area contributed by atoms with Crippen molar-refractivity contribution in [3.05, 3.63) is 71.3 Å². The van der Waals surface area contributed by atoms with Crippen LogP contribution in [-0.2, 0) is 0 Å². The molecule has 0 atom stereocenters. The Bertz CT molecular complexity index is 1170. The van der Waals surface area contributed by atoms with Crippen molar-refractivity contribution in [1.29, 1.82) is 5.26 Å². The zero-order valence-corrected chi connectivity index (χ0v) is 18.3. The molecule has 3 N–H and O–H groups in total. The lowest BCUT2D eigenvalue weighted by Gasteiger charge is -2.33. The number of anilines is 3. The first-order valence-corrected chi connectivity index (χ1v) is 10.6. The second kappa shape index (κ2) is 9.08. The van der Waals surface area contributed by atoms with Crippen LogP contribution in [0.3, 0.4) is 0 Å². The van der Waals surface area contributed by atoms with Gasteiger partial charge in [-0.25, -0.2) is 4.98 Å². The van der Waals surface area contributed by atoms with Crippen LogP contribution in [0, 0.1) is 18.3 Å². The number of nitriles is 1. The molecule has 32 heavy (non-hydrogen) atoms. The highest BCUT2D eigenvalue weighted by Gasteiger charge is 2.19. The van der Waals surface area contributed by atoms with E-state index in [4.69, 9.17) is 10.7 Å². The number of piperazine rings is 1. The molecule has 1 aliphatic heterocycles. The Morgan fingerprint density at radius 3 is 2.44 bits per heavy atom. The highest BCUT2D eigenvalue weighted by Crippen LogP contribution is 2.28. The van der Waals surface area contributed by atoms with Crippen molar-refractivity contribution in [2.75, 3.05) is 49.2 Å². The number of rotatable bonds is 4. The molecule has 0 radical (unpaired) electrons. The summed E-state index contributed by atoms with van der Waals surface area (Å²) in [4.78, 5) is 22.0. The maximum atomic E-state index is 12.6. The van der Waals surface area contributed by atoms with Crippen molar-refractivity contribution >= 4 is 23.1 Å². The maximum Gasteiger partial charge on any atom is 0.255 e.